The predicted molar refractivity (Wildman–Crippen MR) is 70.3 cm³/mol. The van der Waals surface area contributed by atoms with Gasteiger partial charge >= 0.3 is 0 Å². The van der Waals surface area contributed by atoms with Gasteiger partial charge in [0, 0.05) is 4.83 Å². The minimum absolute atomic E-state index is 0.303. The number of halogens is 1. The molecule has 0 aliphatic heterocycles. The third-order valence-electron chi connectivity index (χ3n) is 2.54. The molecule has 0 spiro atoms. The molecule has 0 heterocycles. The summed E-state index contributed by atoms with van der Waals surface area (Å²) in [7, 11) is -2.94. The Morgan fingerprint density at radius 2 is 1.67 bits per heavy atom. The second-order valence-corrected chi connectivity index (χ2v) is 9.77. The second-order valence-electron chi connectivity index (χ2n) is 5.34. The molecule has 0 saturated carbocycles. The van der Waals surface area contributed by atoms with Crippen LogP contribution in [-0.2, 0) is 9.84 Å². The molecule has 0 amide bonds. The largest absolute Gasteiger partial charge is 0.228 e. The Morgan fingerprint density at radius 3 is 2.00 bits per heavy atom. The van der Waals surface area contributed by atoms with Gasteiger partial charge in [0.2, 0.25) is 0 Å². The molecule has 0 aliphatic rings. The highest BCUT2D eigenvalue weighted by atomic mass is 79.9. The SMILES string of the molecule is CC(Br)CC(C)CCS(=O)(=O)C(C)(C)C. The van der Waals surface area contributed by atoms with Gasteiger partial charge in [-0.25, -0.2) is 8.42 Å². The molecule has 0 aromatic carbocycles. The van der Waals surface area contributed by atoms with Gasteiger partial charge in [-0.05, 0) is 39.5 Å². The van der Waals surface area contributed by atoms with Gasteiger partial charge in [-0.2, -0.15) is 0 Å². The van der Waals surface area contributed by atoms with Crippen molar-refractivity contribution >= 4 is 25.8 Å². The van der Waals surface area contributed by atoms with E-state index in [-0.39, 0.29) is 0 Å². The van der Waals surface area contributed by atoms with Crippen molar-refractivity contribution in [2.75, 3.05) is 5.75 Å². The molecule has 2 unspecified atom stereocenters. The van der Waals surface area contributed by atoms with E-state index in [1.54, 1.807) is 20.8 Å². The Kier molecular flexibility index (Phi) is 5.83. The molecular formula is C11H23BrO2S. The van der Waals surface area contributed by atoms with E-state index in [1.165, 1.54) is 0 Å². The fourth-order valence-corrected chi connectivity index (χ4v) is 3.30. The Bertz CT molecular complexity index is 275. The van der Waals surface area contributed by atoms with Crippen LogP contribution in [0, 0.1) is 5.92 Å². The van der Waals surface area contributed by atoms with E-state index >= 15 is 0 Å². The molecule has 92 valence electrons. The van der Waals surface area contributed by atoms with Crippen LogP contribution in [0.5, 0.6) is 0 Å². The summed E-state index contributed by atoms with van der Waals surface area (Å²) in [4.78, 5) is 0.463. The zero-order valence-corrected chi connectivity index (χ0v) is 12.8. The summed E-state index contributed by atoms with van der Waals surface area (Å²) in [5.41, 5.74) is 0. The summed E-state index contributed by atoms with van der Waals surface area (Å²) in [6.07, 6.45) is 1.79. The van der Waals surface area contributed by atoms with Crippen LogP contribution in [0.15, 0.2) is 0 Å². The average molecular weight is 299 g/mol. The second kappa shape index (κ2) is 5.67. The molecule has 0 radical (unpaired) electrons. The van der Waals surface area contributed by atoms with Crippen LogP contribution in [0.1, 0.15) is 47.5 Å². The standard InChI is InChI=1S/C11H23BrO2S/c1-9(8-10(2)12)6-7-15(13,14)11(3,4)5/h9-10H,6-8H2,1-5H3. The van der Waals surface area contributed by atoms with Gasteiger partial charge in [0.05, 0.1) is 10.5 Å². The van der Waals surface area contributed by atoms with Crippen molar-refractivity contribution in [3.8, 4) is 0 Å². The number of sulfone groups is 1. The van der Waals surface area contributed by atoms with E-state index in [1.807, 2.05) is 0 Å². The molecule has 2 atom stereocenters. The lowest BCUT2D eigenvalue weighted by molar-refractivity contribution is 0.503. The normalized spacial score (nSPS) is 17.5. The highest BCUT2D eigenvalue weighted by Crippen LogP contribution is 2.21. The number of hydrogen-bond donors (Lipinski definition) is 0. The van der Waals surface area contributed by atoms with E-state index in [4.69, 9.17) is 0 Å². The minimum Gasteiger partial charge on any atom is -0.228 e. The van der Waals surface area contributed by atoms with E-state index in [0.29, 0.717) is 16.5 Å². The van der Waals surface area contributed by atoms with Gasteiger partial charge in [-0.1, -0.05) is 29.8 Å². The van der Waals surface area contributed by atoms with Gasteiger partial charge in [0.25, 0.3) is 0 Å². The lowest BCUT2D eigenvalue weighted by atomic mass is 10.0. The first kappa shape index (κ1) is 15.4. The maximum atomic E-state index is 11.8. The first-order valence-corrected chi connectivity index (χ1v) is 7.99. The molecule has 2 nitrogen and oxygen atoms in total. The zero-order chi connectivity index (χ0) is 12.3. The van der Waals surface area contributed by atoms with Crippen LogP contribution < -0.4 is 0 Å². The minimum atomic E-state index is -2.94. The molecule has 4 heteroatoms. The van der Waals surface area contributed by atoms with Gasteiger partial charge in [-0.3, -0.25) is 0 Å². The van der Waals surface area contributed by atoms with Crippen molar-refractivity contribution in [3.05, 3.63) is 0 Å². The van der Waals surface area contributed by atoms with E-state index in [0.717, 1.165) is 12.8 Å². The Balaban J connectivity index is 4.17. The van der Waals surface area contributed by atoms with E-state index in [9.17, 15) is 8.42 Å². The van der Waals surface area contributed by atoms with Crippen LogP contribution in [0.25, 0.3) is 0 Å². The molecule has 15 heavy (non-hydrogen) atoms. The van der Waals surface area contributed by atoms with Crippen molar-refractivity contribution in [2.45, 2.75) is 57.0 Å². The molecule has 0 rings (SSSR count). The van der Waals surface area contributed by atoms with Crippen LogP contribution >= 0.6 is 15.9 Å². The van der Waals surface area contributed by atoms with Gasteiger partial charge in [0.15, 0.2) is 9.84 Å². The zero-order valence-electron chi connectivity index (χ0n) is 10.4. The van der Waals surface area contributed by atoms with Crippen molar-refractivity contribution in [1.82, 2.24) is 0 Å². The first-order valence-electron chi connectivity index (χ1n) is 5.42. The third-order valence-corrected chi connectivity index (χ3v) is 5.55. The maximum Gasteiger partial charge on any atom is 0.155 e. The van der Waals surface area contributed by atoms with Gasteiger partial charge < -0.3 is 0 Å². The first-order chi connectivity index (χ1) is 6.56. The summed E-state index contributed by atoms with van der Waals surface area (Å²) in [6, 6.07) is 0. The van der Waals surface area contributed by atoms with E-state index in [2.05, 4.69) is 29.8 Å². The molecule has 0 aliphatic carbocycles. The summed E-state index contributed by atoms with van der Waals surface area (Å²) in [5, 5.41) is 0. The van der Waals surface area contributed by atoms with Crippen LogP contribution in [-0.4, -0.2) is 23.7 Å². The quantitative estimate of drug-likeness (QED) is 0.729. The Hall–Kier alpha value is 0.430. The predicted octanol–water partition coefficient (Wildman–Crippen LogP) is 3.40. The summed E-state index contributed by atoms with van der Waals surface area (Å²) in [6.45, 7) is 9.49. The van der Waals surface area contributed by atoms with Crippen LogP contribution in [0.2, 0.25) is 0 Å². The monoisotopic (exact) mass is 298 g/mol. The van der Waals surface area contributed by atoms with Gasteiger partial charge in [0.1, 0.15) is 0 Å². The number of rotatable bonds is 5. The molecule has 0 aromatic heterocycles. The fourth-order valence-electron chi connectivity index (χ4n) is 1.33. The number of hydrogen-bond acceptors (Lipinski definition) is 2. The third kappa shape index (κ3) is 5.91. The van der Waals surface area contributed by atoms with Crippen molar-refractivity contribution in [1.29, 1.82) is 0 Å². The summed E-state index contributed by atoms with van der Waals surface area (Å²) >= 11 is 3.49. The maximum absolute atomic E-state index is 11.8. The molecule has 0 aromatic rings. The van der Waals surface area contributed by atoms with Crippen LogP contribution in [0.4, 0.5) is 0 Å². The van der Waals surface area contributed by atoms with Crippen molar-refractivity contribution in [2.24, 2.45) is 5.92 Å². The highest BCUT2D eigenvalue weighted by Gasteiger charge is 2.28. The Labute approximate surface area is 103 Å². The smallest absolute Gasteiger partial charge is 0.155 e. The van der Waals surface area contributed by atoms with Crippen LogP contribution in [0.3, 0.4) is 0 Å². The summed E-state index contributed by atoms with van der Waals surface area (Å²) < 4.78 is 23.0. The fraction of sp³-hybridized carbons (Fsp3) is 1.00. The molecular weight excluding hydrogens is 276 g/mol. The lowest BCUT2D eigenvalue weighted by Gasteiger charge is -2.21. The van der Waals surface area contributed by atoms with Crippen molar-refractivity contribution < 1.29 is 8.42 Å². The lowest BCUT2D eigenvalue weighted by Crippen LogP contribution is -2.31. The van der Waals surface area contributed by atoms with E-state index < -0.39 is 14.6 Å². The Morgan fingerprint density at radius 1 is 1.20 bits per heavy atom. The topological polar surface area (TPSA) is 34.1 Å². The average Bonchev–Trinajstić information content (AvgIpc) is 1.97. The molecule has 0 saturated heterocycles. The van der Waals surface area contributed by atoms with Crippen molar-refractivity contribution in [3.63, 3.8) is 0 Å². The molecule has 0 N–H and O–H groups in total. The summed E-state index contributed by atoms with van der Waals surface area (Å²) in [5.74, 6) is 0.758. The number of alkyl halides is 1. The molecule has 0 bridgehead atoms. The van der Waals surface area contributed by atoms with Gasteiger partial charge in [-0.15, -0.1) is 0 Å². The highest BCUT2D eigenvalue weighted by molar-refractivity contribution is 9.09. The molecule has 0 fully saturated rings.